The number of halogens is 1. The molecule has 4 rings (SSSR count). The molecular formula is C23H26FN7O2. The quantitative estimate of drug-likeness (QED) is 0.411. The molecule has 3 aromatic rings. The smallest absolute Gasteiger partial charge is 0.255 e. The molecule has 1 atom stereocenters. The highest BCUT2D eigenvalue weighted by molar-refractivity contribution is 6.00. The Morgan fingerprint density at radius 2 is 2.18 bits per heavy atom. The van der Waals surface area contributed by atoms with Gasteiger partial charge < -0.3 is 21.1 Å². The van der Waals surface area contributed by atoms with Crippen LogP contribution in [0.4, 0.5) is 10.1 Å². The van der Waals surface area contributed by atoms with Crippen LogP contribution < -0.4 is 16.0 Å². The van der Waals surface area contributed by atoms with Crippen molar-refractivity contribution in [3.05, 3.63) is 47.8 Å². The number of nitriles is 1. The number of rotatable bonds is 8. The number of nitrogens with zero attached hydrogens (tertiary/aromatic N) is 4. The highest BCUT2D eigenvalue weighted by atomic mass is 19.1. The molecule has 0 saturated carbocycles. The number of aliphatic hydroxyl groups is 1. The molecule has 0 bridgehead atoms. The number of alkyl halides is 1. The van der Waals surface area contributed by atoms with E-state index in [1.807, 2.05) is 12.1 Å². The minimum atomic E-state index is -1.61. The molecule has 33 heavy (non-hydrogen) atoms. The van der Waals surface area contributed by atoms with Crippen molar-refractivity contribution in [1.82, 2.24) is 25.2 Å². The van der Waals surface area contributed by atoms with E-state index in [1.165, 1.54) is 26.2 Å². The van der Waals surface area contributed by atoms with Crippen molar-refractivity contribution in [1.29, 1.82) is 5.26 Å². The Bertz CT molecular complexity index is 1210. The maximum Gasteiger partial charge on any atom is 0.255 e. The van der Waals surface area contributed by atoms with Gasteiger partial charge in [-0.1, -0.05) is 0 Å². The van der Waals surface area contributed by atoms with Gasteiger partial charge in [0.2, 0.25) is 0 Å². The van der Waals surface area contributed by atoms with Crippen LogP contribution in [0.5, 0.6) is 0 Å². The predicted octanol–water partition coefficient (Wildman–Crippen LogP) is 1.74. The van der Waals surface area contributed by atoms with Crippen LogP contribution in [0, 0.1) is 17.2 Å². The first kappa shape index (κ1) is 22.6. The summed E-state index contributed by atoms with van der Waals surface area (Å²) in [6, 6.07) is 9.27. The van der Waals surface area contributed by atoms with Crippen LogP contribution in [-0.4, -0.2) is 63.6 Å². The molecule has 1 aliphatic heterocycles. The second-order valence-electron chi connectivity index (χ2n) is 8.76. The summed E-state index contributed by atoms with van der Waals surface area (Å²) in [5.74, 6) is -0.0323. The number of pyridine rings is 1. The fraction of sp³-hybridized carbons (Fsp3) is 0.391. The molecule has 4 N–H and O–H groups in total. The van der Waals surface area contributed by atoms with E-state index in [-0.39, 0.29) is 12.1 Å². The van der Waals surface area contributed by atoms with E-state index in [1.54, 1.807) is 16.6 Å². The monoisotopic (exact) mass is 451 g/mol. The minimum absolute atomic E-state index is 0.287. The minimum Gasteiger partial charge on any atom is -0.387 e. The Balaban J connectivity index is 1.62. The first-order chi connectivity index (χ1) is 15.8. The molecule has 1 amide bonds. The summed E-state index contributed by atoms with van der Waals surface area (Å²) < 4.78 is 15.8. The summed E-state index contributed by atoms with van der Waals surface area (Å²) in [6.07, 6.45) is 1.33. The van der Waals surface area contributed by atoms with E-state index in [0.717, 1.165) is 18.6 Å². The van der Waals surface area contributed by atoms with Crippen LogP contribution in [0.3, 0.4) is 0 Å². The molecular weight excluding hydrogens is 425 g/mol. The number of carbonyl (C=O) groups excluding carboxylic acids is 1. The Labute approximate surface area is 190 Å². The first-order valence-electron chi connectivity index (χ1n) is 10.7. The van der Waals surface area contributed by atoms with E-state index < -0.39 is 17.7 Å². The highest BCUT2D eigenvalue weighted by Gasteiger charge is 2.27. The summed E-state index contributed by atoms with van der Waals surface area (Å²) in [5.41, 5.74) is 1.83. The Kier molecular flexibility index (Phi) is 6.26. The zero-order valence-electron chi connectivity index (χ0n) is 18.5. The number of aromatic nitrogens is 3. The van der Waals surface area contributed by atoms with Crippen molar-refractivity contribution in [2.75, 3.05) is 31.5 Å². The first-order valence-corrected chi connectivity index (χ1v) is 10.7. The number of fused-ring (bicyclic) bond motifs is 1. The maximum atomic E-state index is 14.1. The van der Waals surface area contributed by atoms with Crippen molar-refractivity contribution in [2.45, 2.75) is 25.6 Å². The van der Waals surface area contributed by atoms with Crippen LogP contribution in [0.15, 0.2) is 36.7 Å². The lowest BCUT2D eigenvalue weighted by atomic mass is 10.0. The number of hydrogen-bond donors (Lipinski definition) is 4. The molecule has 9 nitrogen and oxygen atoms in total. The van der Waals surface area contributed by atoms with E-state index in [9.17, 15) is 14.3 Å². The number of hydrogen-bond acceptors (Lipinski definition) is 7. The van der Waals surface area contributed by atoms with Crippen molar-refractivity contribution >= 4 is 17.1 Å². The number of anilines is 1. The zero-order chi connectivity index (χ0) is 23.6. The second kappa shape index (κ2) is 9.13. The standard InChI is InChI=1S/C23H26FN7O2/c1-23(2,33)21(24)13-29-22(32)17-12-28-19(6-18(17)27-10-15-8-26-9-15)20-4-3-16-5-14(7-25)11-30-31(16)20/h3-6,11-12,15,21,26,33H,8-10,13H2,1-2H3,(H,27,28)(H,29,32)/t21-/m1/s1. The molecule has 3 aromatic heterocycles. The molecule has 4 heterocycles. The fourth-order valence-electron chi connectivity index (χ4n) is 3.45. The van der Waals surface area contributed by atoms with E-state index >= 15 is 0 Å². The third kappa shape index (κ3) is 4.94. The van der Waals surface area contributed by atoms with Gasteiger partial charge in [-0.05, 0) is 38.1 Å². The van der Waals surface area contributed by atoms with E-state index in [2.05, 4.69) is 32.1 Å². The third-order valence-corrected chi connectivity index (χ3v) is 5.70. The Morgan fingerprint density at radius 1 is 1.39 bits per heavy atom. The predicted molar refractivity (Wildman–Crippen MR) is 122 cm³/mol. The summed E-state index contributed by atoms with van der Waals surface area (Å²) in [5, 5.41) is 32.3. The van der Waals surface area contributed by atoms with Gasteiger partial charge in [-0.25, -0.2) is 8.91 Å². The summed E-state index contributed by atoms with van der Waals surface area (Å²) in [4.78, 5) is 17.3. The molecule has 1 fully saturated rings. The normalized spacial score (nSPS) is 15.0. The lowest BCUT2D eigenvalue weighted by Crippen LogP contribution is -2.45. The molecule has 0 aliphatic carbocycles. The van der Waals surface area contributed by atoms with Crippen LogP contribution in [0.2, 0.25) is 0 Å². The molecule has 172 valence electrons. The third-order valence-electron chi connectivity index (χ3n) is 5.70. The zero-order valence-corrected chi connectivity index (χ0v) is 18.5. The lowest BCUT2D eigenvalue weighted by molar-refractivity contribution is -0.00177. The van der Waals surface area contributed by atoms with E-state index in [0.29, 0.717) is 35.1 Å². The van der Waals surface area contributed by atoms with Crippen molar-refractivity contribution in [2.24, 2.45) is 5.92 Å². The van der Waals surface area contributed by atoms with Crippen LogP contribution in [0.1, 0.15) is 29.8 Å². The maximum absolute atomic E-state index is 14.1. The SMILES string of the molecule is CC(C)(O)[C@H](F)CNC(=O)c1cnc(-c2ccc3cc(C#N)cnn23)cc1NCC1CNC1. The largest absolute Gasteiger partial charge is 0.387 e. The average Bonchev–Trinajstić information content (AvgIpc) is 3.18. The van der Waals surface area contributed by atoms with Crippen LogP contribution in [0.25, 0.3) is 16.9 Å². The van der Waals surface area contributed by atoms with Crippen molar-refractivity contribution in [3.63, 3.8) is 0 Å². The van der Waals surface area contributed by atoms with Gasteiger partial charge in [0.05, 0.1) is 52.1 Å². The lowest BCUT2D eigenvalue weighted by Gasteiger charge is -2.28. The van der Waals surface area contributed by atoms with Gasteiger partial charge >= 0.3 is 0 Å². The fourth-order valence-corrected chi connectivity index (χ4v) is 3.45. The van der Waals surface area contributed by atoms with Crippen molar-refractivity contribution in [3.8, 4) is 17.5 Å². The Hall–Kier alpha value is -3.55. The molecule has 10 heteroatoms. The van der Waals surface area contributed by atoms with E-state index in [4.69, 9.17) is 5.26 Å². The van der Waals surface area contributed by atoms with Gasteiger partial charge in [0, 0.05) is 31.7 Å². The van der Waals surface area contributed by atoms with Gasteiger partial charge in [0.1, 0.15) is 12.2 Å². The number of carbonyl (C=O) groups is 1. The molecule has 0 radical (unpaired) electrons. The molecule has 1 saturated heterocycles. The number of nitrogens with one attached hydrogen (secondary N) is 3. The molecule has 0 aromatic carbocycles. The van der Waals surface area contributed by atoms with Gasteiger partial charge in [0.15, 0.2) is 0 Å². The second-order valence-corrected chi connectivity index (χ2v) is 8.76. The number of amides is 1. The summed E-state index contributed by atoms with van der Waals surface area (Å²) in [6.45, 7) is 4.87. The molecule has 0 unspecified atom stereocenters. The van der Waals surface area contributed by atoms with Crippen molar-refractivity contribution < 1.29 is 14.3 Å². The Morgan fingerprint density at radius 3 is 2.85 bits per heavy atom. The van der Waals surface area contributed by atoms with Gasteiger partial charge in [-0.15, -0.1) is 0 Å². The summed E-state index contributed by atoms with van der Waals surface area (Å²) >= 11 is 0. The van der Waals surface area contributed by atoms with Gasteiger partial charge in [-0.3, -0.25) is 9.78 Å². The van der Waals surface area contributed by atoms with Crippen LogP contribution >= 0.6 is 0 Å². The molecule has 0 spiro atoms. The van der Waals surface area contributed by atoms with Gasteiger partial charge in [0.25, 0.3) is 5.91 Å². The highest BCUT2D eigenvalue weighted by Crippen LogP contribution is 2.26. The van der Waals surface area contributed by atoms with Crippen LogP contribution in [-0.2, 0) is 0 Å². The molecule has 1 aliphatic rings. The topological polar surface area (TPSA) is 127 Å². The summed E-state index contributed by atoms with van der Waals surface area (Å²) in [7, 11) is 0. The average molecular weight is 452 g/mol. The van der Waals surface area contributed by atoms with Gasteiger partial charge in [-0.2, -0.15) is 10.4 Å².